The molecule has 0 unspecified atom stereocenters. The third kappa shape index (κ3) is 2.17. The highest BCUT2D eigenvalue weighted by Gasteiger charge is 2.37. The van der Waals surface area contributed by atoms with Gasteiger partial charge in [0.2, 0.25) is 0 Å². The largest absolute Gasteiger partial charge is 0.378 e. The van der Waals surface area contributed by atoms with Gasteiger partial charge in [0.1, 0.15) is 0 Å². The molecule has 22 heavy (non-hydrogen) atoms. The van der Waals surface area contributed by atoms with Gasteiger partial charge in [-0.2, -0.15) is 0 Å². The molecule has 4 nitrogen and oxygen atoms in total. The van der Waals surface area contributed by atoms with Gasteiger partial charge in [-0.1, -0.05) is 6.07 Å². The van der Waals surface area contributed by atoms with Crippen molar-refractivity contribution in [1.82, 2.24) is 0 Å². The van der Waals surface area contributed by atoms with Gasteiger partial charge in [-0.15, -0.1) is 0 Å². The molecule has 0 N–H and O–H groups in total. The van der Waals surface area contributed by atoms with E-state index in [0.29, 0.717) is 16.8 Å². The van der Waals surface area contributed by atoms with Crippen molar-refractivity contribution in [2.24, 2.45) is 0 Å². The van der Waals surface area contributed by atoms with Crippen LogP contribution in [0.3, 0.4) is 0 Å². The van der Waals surface area contributed by atoms with Crippen molar-refractivity contribution in [3.05, 3.63) is 58.7 Å². The molecule has 4 heteroatoms. The van der Waals surface area contributed by atoms with Crippen molar-refractivity contribution < 1.29 is 9.59 Å². The fraction of sp³-hybridized carbons (Fsp3) is 0.222. The molecule has 1 heterocycles. The molecule has 0 saturated heterocycles. The first kappa shape index (κ1) is 14.3. The highest BCUT2D eigenvalue weighted by Crippen LogP contribution is 2.31. The first-order valence-corrected chi connectivity index (χ1v) is 7.17. The summed E-state index contributed by atoms with van der Waals surface area (Å²) in [5.41, 5.74) is 4.53. The molecule has 2 amide bonds. The topological polar surface area (TPSA) is 40.6 Å². The minimum atomic E-state index is -0.256. The fourth-order valence-corrected chi connectivity index (χ4v) is 2.82. The van der Waals surface area contributed by atoms with E-state index < -0.39 is 0 Å². The van der Waals surface area contributed by atoms with Crippen LogP contribution in [0.1, 0.15) is 31.8 Å². The summed E-state index contributed by atoms with van der Waals surface area (Å²) < 4.78 is 0. The lowest BCUT2D eigenvalue weighted by atomic mass is 10.1. The van der Waals surface area contributed by atoms with E-state index >= 15 is 0 Å². The zero-order chi connectivity index (χ0) is 16.0. The standard InChI is InChI=1S/C18H18N2O2/c1-11-7-12(2)9-14(8-11)20-17(21)15-6-5-13(19(3)4)10-16(15)18(20)22/h5-10H,1-4H3. The number of amides is 2. The Kier molecular flexibility index (Phi) is 3.24. The third-order valence-electron chi connectivity index (χ3n) is 3.85. The minimum absolute atomic E-state index is 0.254. The molecule has 0 atom stereocenters. The Morgan fingerprint density at radius 2 is 1.41 bits per heavy atom. The Bertz CT molecular complexity index is 773. The number of nitrogens with zero attached hydrogens (tertiary/aromatic N) is 2. The van der Waals surface area contributed by atoms with Gasteiger partial charge in [0.15, 0.2) is 0 Å². The minimum Gasteiger partial charge on any atom is -0.378 e. The van der Waals surface area contributed by atoms with Crippen LogP contribution in [0.4, 0.5) is 11.4 Å². The summed E-state index contributed by atoms with van der Waals surface area (Å²) in [5, 5.41) is 0. The van der Waals surface area contributed by atoms with Gasteiger partial charge in [-0.3, -0.25) is 9.59 Å². The van der Waals surface area contributed by atoms with E-state index in [1.54, 1.807) is 12.1 Å². The van der Waals surface area contributed by atoms with Crippen LogP contribution in [0.15, 0.2) is 36.4 Å². The van der Waals surface area contributed by atoms with Crippen LogP contribution in [0, 0.1) is 13.8 Å². The predicted octanol–water partition coefficient (Wildman–Crippen LogP) is 3.17. The number of hydrogen-bond donors (Lipinski definition) is 0. The summed E-state index contributed by atoms with van der Waals surface area (Å²) in [5.74, 6) is -0.510. The maximum atomic E-state index is 12.7. The van der Waals surface area contributed by atoms with Gasteiger partial charge in [0.25, 0.3) is 11.8 Å². The summed E-state index contributed by atoms with van der Waals surface area (Å²) >= 11 is 0. The van der Waals surface area contributed by atoms with E-state index in [-0.39, 0.29) is 11.8 Å². The SMILES string of the molecule is Cc1cc(C)cc(N2C(=O)c3ccc(N(C)C)cc3C2=O)c1. The maximum Gasteiger partial charge on any atom is 0.266 e. The summed E-state index contributed by atoms with van der Waals surface area (Å²) in [4.78, 5) is 28.5. The van der Waals surface area contributed by atoms with E-state index in [9.17, 15) is 9.59 Å². The number of anilines is 2. The quantitative estimate of drug-likeness (QED) is 0.799. The molecule has 0 bridgehead atoms. The fourth-order valence-electron chi connectivity index (χ4n) is 2.82. The van der Waals surface area contributed by atoms with Crippen LogP contribution in [-0.2, 0) is 0 Å². The normalized spacial score (nSPS) is 13.5. The highest BCUT2D eigenvalue weighted by molar-refractivity contribution is 6.34. The number of carbonyl (C=O) groups excluding carboxylic acids is 2. The van der Waals surface area contributed by atoms with Crippen LogP contribution in [0.5, 0.6) is 0 Å². The van der Waals surface area contributed by atoms with E-state index in [1.807, 2.05) is 57.1 Å². The van der Waals surface area contributed by atoms with Gasteiger partial charge in [-0.05, 0) is 55.3 Å². The first-order chi connectivity index (χ1) is 10.4. The van der Waals surface area contributed by atoms with E-state index in [1.165, 1.54) is 4.90 Å². The second-order valence-electron chi connectivity index (χ2n) is 5.92. The molecule has 0 fully saturated rings. The Morgan fingerprint density at radius 1 is 0.818 bits per heavy atom. The Balaban J connectivity index is 2.10. The van der Waals surface area contributed by atoms with Crippen molar-refractivity contribution in [3.8, 4) is 0 Å². The lowest BCUT2D eigenvalue weighted by Gasteiger charge is -2.15. The molecule has 112 valence electrons. The predicted molar refractivity (Wildman–Crippen MR) is 87.8 cm³/mol. The average Bonchev–Trinajstić information content (AvgIpc) is 2.69. The molecule has 3 rings (SSSR count). The van der Waals surface area contributed by atoms with E-state index in [0.717, 1.165) is 16.8 Å². The van der Waals surface area contributed by atoms with Gasteiger partial charge in [0, 0.05) is 19.8 Å². The van der Waals surface area contributed by atoms with Crippen LogP contribution in [0.25, 0.3) is 0 Å². The summed E-state index contributed by atoms with van der Waals surface area (Å²) in [6.45, 7) is 3.91. The molecular formula is C18H18N2O2. The Labute approximate surface area is 130 Å². The highest BCUT2D eigenvalue weighted by atomic mass is 16.2. The number of imide groups is 1. The molecule has 2 aromatic rings. The van der Waals surface area contributed by atoms with Crippen molar-refractivity contribution in [3.63, 3.8) is 0 Å². The number of aryl methyl sites for hydroxylation is 2. The van der Waals surface area contributed by atoms with Crippen LogP contribution in [-0.4, -0.2) is 25.9 Å². The monoisotopic (exact) mass is 294 g/mol. The molecule has 0 aromatic heterocycles. The summed E-state index contributed by atoms with van der Waals surface area (Å²) in [6.07, 6.45) is 0. The zero-order valence-corrected chi connectivity index (χ0v) is 13.2. The zero-order valence-electron chi connectivity index (χ0n) is 13.2. The number of rotatable bonds is 2. The second-order valence-corrected chi connectivity index (χ2v) is 5.92. The molecule has 0 spiro atoms. The lowest BCUT2D eigenvalue weighted by Crippen LogP contribution is -2.29. The van der Waals surface area contributed by atoms with E-state index in [2.05, 4.69) is 0 Å². The van der Waals surface area contributed by atoms with Crippen molar-refractivity contribution in [2.75, 3.05) is 23.9 Å². The average molecular weight is 294 g/mol. The van der Waals surface area contributed by atoms with E-state index in [4.69, 9.17) is 0 Å². The summed E-state index contributed by atoms with van der Waals surface area (Å²) in [7, 11) is 3.81. The van der Waals surface area contributed by atoms with Gasteiger partial charge < -0.3 is 4.90 Å². The van der Waals surface area contributed by atoms with Crippen LogP contribution < -0.4 is 9.80 Å². The van der Waals surface area contributed by atoms with Gasteiger partial charge in [-0.25, -0.2) is 4.90 Å². The molecular weight excluding hydrogens is 276 g/mol. The number of carbonyl (C=O) groups is 2. The second kappa shape index (κ2) is 4.98. The van der Waals surface area contributed by atoms with Crippen LogP contribution >= 0.6 is 0 Å². The third-order valence-corrected chi connectivity index (χ3v) is 3.85. The molecule has 1 aliphatic rings. The number of fused-ring (bicyclic) bond motifs is 1. The molecule has 1 aliphatic heterocycles. The molecule has 0 aliphatic carbocycles. The number of hydrogen-bond acceptors (Lipinski definition) is 3. The van der Waals surface area contributed by atoms with Crippen molar-refractivity contribution in [1.29, 1.82) is 0 Å². The summed E-state index contributed by atoms with van der Waals surface area (Å²) in [6, 6.07) is 11.1. The maximum absolute atomic E-state index is 12.7. The number of benzene rings is 2. The van der Waals surface area contributed by atoms with Crippen molar-refractivity contribution in [2.45, 2.75) is 13.8 Å². The smallest absolute Gasteiger partial charge is 0.266 e. The van der Waals surface area contributed by atoms with Crippen LogP contribution in [0.2, 0.25) is 0 Å². The lowest BCUT2D eigenvalue weighted by molar-refractivity contribution is 0.0926. The molecule has 0 saturated carbocycles. The molecule has 0 radical (unpaired) electrons. The Hall–Kier alpha value is -2.62. The Morgan fingerprint density at radius 3 is 2.00 bits per heavy atom. The van der Waals surface area contributed by atoms with Crippen molar-refractivity contribution >= 4 is 23.2 Å². The van der Waals surface area contributed by atoms with Gasteiger partial charge >= 0.3 is 0 Å². The van der Waals surface area contributed by atoms with Gasteiger partial charge in [0.05, 0.1) is 16.8 Å². The first-order valence-electron chi connectivity index (χ1n) is 7.17. The molecule has 2 aromatic carbocycles.